The van der Waals surface area contributed by atoms with Gasteiger partial charge in [-0.2, -0.15) is 0 Å². The highest BCUT2D eigenvalue weighted by molar-refractivity contribution is 7.98. The number of hydrogen-bond donors (Lipinski definition) is 2. The Hall–Kier alpha value is -1.89. The van der Waals surface area contributed by atoms with Gasteiger partial charge in [0.15, 0.2) is 5.16 Å². The molecule has 7 heteroatoms. The Bertz CT molecular complexity index is 581. The SMILES string of the molecule is Cn1cnnc1SCc1cc(F)cc(C(=N)N)c1. The number of nitrogen functional groups attached to an aromatic ring is 1. The number of nitrogens with one attached hydrogen (secondary N) is 1. The van der Waals surface area contributed by atoms with Gasteiger partial charge in [-0.1, -0.05) is 11.8 Å². The number of aromatic nitrogens is 3. The third-order valence-corrected chi connectivity index (χ3v) is 3.41. The molecule has 0 aliphatic rings. The lowest BCUT2D eigenvalue weighted by Gasteiger charge is -2.04. The molecule has 0 aliphatic heterocycles. The smallest absolute Gasteiger partial charge is 0.191 e. The van der Waals surface area contributed by atoms with E-state index in [2.05, 4.69) is 10.2 Å². The maximum Gasteiger partial charge on any atom is 0.191 e. The summed E-state index contributed by atoms with van der Waals surface area (Å²) in [4.78, 5) is 0. The van der Waals surface area contributed by atoms with Gasteiger partial charge >= 0.3 is 0 Å². The zero-order valence-corrected chi connectivity index (χ0v) is 10.5. The molecule has 2 rings (SSSR count). The summed E-state index contributed by atoms with van der Waals surface area (Å²) in [5, 5.41) is 15.8. The van der Waals surface area contributed by atoms with E-state index in [0.29, 0.717) is 11.3 Å². The first-order valence-corrected chi connectivity index (χ1v) is 6.15. The molecule has 0 bridgehead atoms. The molecule has 0 unspecified atom stereocenters. The molecule has 18 heavy (non-hydrogen) atoms. The van der Waals surface area contributed by atoms with Crippen molar-refractivity contribution in [1.29, 1.82) is 5.41 Å². The molecule has 0 radical (unpaired) electrons. The van der Waals surface area contributed by atoms with E-state index in [-0.39, 0.29) is 5.84 Å². The van der Waals surface area contributed by atoms with Gasteiger partial charge in [0.25, 0.3) is 0 Å². The minimum absolute atomic E-state index is 0.139. The molecule has 5 nitrogen and oxygen atoms in total. The molecule has 94 valence electrons. The van der Waals surface area contributed by atoms with Crippen molar-refractivity contribution in [1.82, 2.24) is 14.8 Å². The fraction of sp³-hybridized carbons (Fsp3) is 0.182. The molecule has 0 fully saturated rings. The van der Waals surface area contributed by atoms with Gasteiger partial charge < -0.3 is 10.3 Å². The van der Waals surface area contributed by atoms with E-state index in [1.165, 1.54) is 23.9 Å². The van der Waals surface area contributed by atoms with Crippen LogP contribution in [0.5, 0.6) is 0 Å². The summed E-state index contributed by atoms with van der Waals surface area (Å²) in [7, 11) is 1.84. The number of aryl methyl sites for hydroxylation is 1. The molecule has 0 saturated carbocycles. The van der Waals surface area contributed by atoms with E-state index in [1.807, 2.05) is 7.05 Å². The summed E-state index contributed by atoms with van der Waals surface area (Å²) in [6.07, 6.45) is 1.61. The first kappa shape index (κ1) is 12.6. The average Bonchev–Trinajstić information content (AvgIpc) is 2.71. The van der Waals surface area contributed by atoms with Crippen molar-refractivity contribution in [2.24, 2.45) is 12.8 Å². The molecule has 0 atom stereocenters. The van der Waals surface area contributed by atoms with E-state index in [4.69, 9.17) is 11.1 Å². The van der Waals surface area contributed by atoms with E-state index in [9.17, 15) is 4.39 Å². The zero-order valence-electron chi connectivity index (χ0n) is 9.72. The predicted molar refractivity (Wildman–Crippen MR) is 68.0 cm³/mol. The Morgan fingerprint density at radius 2 is 2.28 bits per heavy atom. The normalized spacial score (nSPS) is 10.6. The molecule has 0 aliphatic carbocycles. The predicted octanol–water partition coefficient (Wildman–Crippen LogP) is 1.53. The van der Waals surface area contributed by atoms with Crippen molar-refractivity contribution in [2.75, 3.05) is 0 Å². The summed E-state index contributed by atoms with van der Waals surface area (Å²) < 4.78 is 15.1. The van der Waals surface area contributed by atoms with Gasteiger partial charge in [0, 0.05) is 18.4 Å². The van der Waals surface area contributed by atoms with Crippen LogP contribution < -0.4 is 5.73 Å². The van der Waals surface area contributed by atoms with E-state index >= 15 is 0 Å². The molecule has 3 N–H and O–H groups in total. The first-order valence-electron chi connectivity index (χ1n) is 5.17. The fourth-order valence-electron chi connectivity index (χ4n) is 1.44. The number of benzene rings is 1. The molecule has 2 aromatic rings. The van der Waals surface area contributed by atoms with Crippen LogP contribution in [-0.2, 0) is 12.8 Å². The van der Waals surface area contributed by atoms with Crippen molar-refractivity contribution in [3.8, 4) is 0 Å². The van der Waals surface area contributed by atoms with Crippen LogP contribution in [0, 0.1) is 11.2 Å². The minimum Gasteiger partial charge on any atom is -0.384 e. The first-order chi connectivity index (χ1) is 8.56. The monoisotopic (exact) mass is 265 g/mol. The van der Waals surface area contributed by atoms with E-state index in [0.717, 1.165) is 10.7 Å². The second-order valence-corrected chi connectivity index (χ2v) is 4.72. The molecule has 0 saturated heterocycles. The average molecular weight is 265 g/mol. The topological polar surface area (TPSA) is 80.6 Å². The van der Waals surface area contributed by atoms with Crippen molar-refractivity contribution >= 4 is 17.6 Å². The number of hydrogen-bond acceptors (Lipinski definition) is 4. The molecule has 0 amide bonds. The van der Waals surface area contributed by atoms with E-state index < -0.39 is 5.82 Å². The highest BCUT2D eigenvalue weighted by Crippen LogP contribution is 2.21. The van der Waals surface area contributed by atoms with Crippen LogP contribution in [0.3, 0.4) is 0 Å². The van der Waals surface area contributed by atoms with Crippen molar-refractivity contribution in [3.63, 3.8) is 0 Å². The Morgan fingerprint density at radius 1 is 1.50 bits per heavy atom. The van der Waals surface area contributed by atoms with Gasteiger partial charge in [0.2, 0.25) is 0 Å². The van der Waals surface area contributed by atoms with Crippen molar-refractivity contribution in [3.05, 3.63) is 41.5 Å². The van der Waals surface area contributed by atoms with E-state index in [1.54, 1.807) is 17.0 Å². The highest BCUT2D eigenvalue weighted by Gasteiger charge is 2.06. The maximum atomic E-state index is 13.3. The van der Waals surface area contributed by atoms with Gasteiger partial charge in [-0.25, -0.2) is 4.39 Å². The molecule has 0 spiro atoms. The van der Waals surface area contributed by atoms with Crippen LogP contribution in [-0.4, -0.2) is 20.6 Å². The minimum atomic E-state index is -0.392. The highest BCUT2D eigenvalue weighted by atomic mass is 32.2. The molecule has 1 aromatic carbocycles. The second kappa shape index (κ2) is 5.18. The number of thioether (sulfide) groups is 1. The third-order valence-electron chi connectivity index (χ3n) is 2.31. The van der Waals surface area contributed by atoms with Crippen LogP contribution >= 0.6 is 11.8 Å². The summed E-state index contributed by atoms with van der Waals surface area (Å²) >= 11 is 1.45. The number of halogens is 1. The van der Waals surface area contributed by atoms with Gasteiger partial charge in [-0.3, -0.25) is 5.41 Å². The van der Waals surface area contributed by atoms with Crippen molar-refractivity contribution in [2.45, 2.75) is 10.9 Å². The summed E-state index contributed by atoms with van der Waals surface area (Å²) in [5.74, 6) is 0.0144. The number of nitrogens with two attached hydrogens (primary N) is 1. The molecule has 1 heterocycles. The Labute approximate surface area is 108 Å². The summed E-state index contributed by atoms with van der Waals surface area (Å²) in [6, 6.07) is 4.38. The van der Waals surface area contributed by atoms with Crippen LogP contribution in [0.15, 0.2) is 29.7 Å². The summed E-state index contributed by atoms with van der Waals surface area (Å²) in [5.41, 5.74) is 6.50. The third kappa shape index (κ3) is 2.86. The van der Waals surface area contributed by atoms with Crippen LogP contribution in [0.25, 0.3) is 0 Å². The number of amidine groups is 1. The number of nitrogens with zero attached hydrogens (tertiary/aromatic N) is 3. The van der Waals surface area contributed by atoms with Crippen LogP contribution in [0.2, 0.25) is 0 Å². The lowest BCUT2D eigenvalue weighted by molar-refractivity contribution is 0.626. The van der Waals surface area contributed by atoms with Gasteiger partial charge in [-0.15, -0.1) is 10.2 Å². The lowest BCUT2D eigenvalue weighted by Crippen LogP contribution is -2.11. The van der Waals surface area contributed by atoms with Gasteiger partial charge in [0.05, 0.1) is 0 Å². The van der Waals surface area contributed by atoms with Crippen LogP contribution in [0.4, 0.5) is 4.39 Å². The fourth-order valence-corrected chi connectivity index (χ4v) is 2.26. The lowest BCUT2D eigenvalue weighted by atomic mass is 10.1. The standard InChI is InChI=1S/C11H12FN5S/c1-17-6-15-16-11(17)18-5-7-2-8(10(13)14)4-9(12)3-7/h2-4,6H,5H2,1H3,(H3,13,14). The largest absolute Gasteiger partial charge is 0.384 e. The molecular formula is C11H12FN5S. The van der Waals surface area contributed by atoms with Crippen molar-refractivity contribution < 1.29 is 4.39 Å². The Balaban J connectivity index is 2.14. The van der Waals surface area contributed by atoms with Gasteiger partial charge in [0.1, 0.15) is 18.0 Å². The number of rotatable bonds is 4. The molecule has 1 aromatic heterocycles. The Morgan fingerprint density at radius 3 is 2.89 bits per heavy atom. The zero-order chi connectivity index (χ0) is 13.1. The molecular weight excluding hydrogens is 253 g/mol. The van der Waals surface area contributed by atoms with Gasteiger partial charge in [-0.05, 0) is 23.8 Å². The maximum absolute atomic E-state index is 13.3. The second-order valence-electron chi connectivity index (χ2n) is 3.77. The van der Waals surface area contributed by atoms with Crippen LogP contribution in [0.1, 0.15) is 11.1 Å². The Kier molecular flexibility index (Phi) is 3.61. The quantitative estimate of drug-likeness (QED) is 0.499. The summed E-state index contributed by atoms with van der Waals surface area (Å²) in [6.45, 7) is 0.